The van der Waals surface area contributed by atoms with Crippen LogP contribution in [-0.4, -0.2) is 29.9 Å². The Labute approximate surface area is 126 Å². The molecule has 0 unspecified atom stereocenters. The van der Waals surface area contributed by atoms with Gasteiger partial charge >= 0.3 is 5.97 Å². The van der Waals surface area contributed by atoms with Gasteiger partial charge in [-0.2, -0.15) is 0 Å². The number of aliphatic hydroxyl groups is 1. The third kappa shape index (κ3) is 4.83. The van der Waals surface area contributed by atoms with Crippen molar-refractivity contribution in [1.29, 1.82) is 0 Å². The highest BCUT2D eigenvalue weighted by molar-refractivity contribution is 5.72. The Bertz CT molecular complexity index is 435. The highest BCUT2D eigenvalue weighted by Crippen LogP contribution is 2.33. The average Bonchev–Trinajstić information content (AvgIpc) is 2.49. The summed E-state index contributed by atoms with van der Waals surface area (Å²) in [7, 11) is 0. The number of hydrogen-bond donors (Lipinski definition) is 1. The fourth-order valence-corrected chi connectivity index (χ4v) is 2.73. The lowest BCUT2D eigenvalue weighted by molar-refractivity contribution is -0.152. The number of rotatable bonds is 6. The first-order chi connectivity index (χ1) is 10.1. The molecule has 4 heteroatoms. The molecule has 0 atom stereocenters. The maximum atomic E-state index is 11.7. The Balaban J connectivity index is 1.73. The molecular formula is C17H24O4. The molecule has 2 rings (SSSR count). The number of hydrogen-bond acceptors (Lipinski definition) is 4. The summed E-state index contributed by atoms with van der Waals surface area (Å²) in [5, 5.41) is 10.5. The summed E-state index contributed by atoms with van der Waals surface area (Å²) < 4.78 is 10.7. The van der Waals surface area contributed by atoms with E-state index < -0.39 is 5.60 Å². The topological polar surface area (TPSA) is 55.8 Å². The standard InChI is InChI=1S/C17H24O4/c1-2-21-16(18)15-8-10-17(19,11-9-15)13-20-12-14-6-4-3-5-7-14/h3-7,15,19H,2,8-13H2,1H3. The molecule has 1 aliphatic carbocycles. The third-order valence-corrected chi connectivity index (χ3v) is 4.02. The molecule has 0 saturated heterocycles. The lowest BCUT2D eigenvalue weighted by Gasteiger charge is -2.34. The lowest BCUT2D eigenvalue weighted by atomic mass is 9.79. The first kappa shape index (κ1) is 16.0. The van der Waals surface area contributed by atoms with Crippen molar-refractivity contribution in [2.75, 3.05) is 13.2 Å². The molecule has 4 nitrogen and oxygen atoms in total. The van der Waals surface area contributed by atoms with Gasteiger partial charge < -0.3 is 14.6 Å². The van der Waals surface area contributed by atoms with Gasteiger partial charge in [0.25, 0.3) is 0 Å². The molecule has 0 amide bonds. The molecular weight excluding hydrogens is 268 g/mol. The van der Waals surface area contributed by atoms with Crippen molar-refractivity contribution in [1.82, 2.24) is 0 Å². The van der Waals surface area contributed by atoms with E-state index in [0.717, 1.165) is 5.56 Å². The zero-order valence-corrected chi connectivity index (χ0v) is 12.6. The fraction of sp³-hybridized carbons (Fsp3) is 0.588. The third-order valence-electron chi connectivity index (χ3n) is 4.02. The van der Waals surface area contributed by atoms with Gasteiger partial charge in [0.1, 0.15) is 0 Å². The zero-order chi connectivity index (χ0) is 15.1. The summed E-state index contributed by atoms with van der Waals surface area (Å²) in [6.07, 6.45) is 2.52. The van der Waals surface area contributed by atoms with E-state index in [1.807, 2.05) is 37.3 Å². The van der Waals surface area contributed by atoms with Gasteiger partial charge in [0.05, 0.1) is 31.3 Å². The Morgan fingerprint density at radius 3 is 2.57 bits per heavy atom. The molecule has 1 N–H and O–H groups in total. The van der Waals surface area contributed by atoms with Crippen LogP contribution in [0, 0.1) is 5.92 Å². The molecule has 1 aliphatic rings. The minimum atomic E-state index is -0.808. The summed E-state index contributed by atoms with van der Waals surface area (Å²) in [6, 6.07) is 9.91. The number of carbonyl (C=O) groups is 1. The Hall–Kier alpha value is -1.39. The SMILES string of the molecule is CCOC(=O)C1CCC(O)(COCc2ccccc2)CC1. The number of carbonyl (C=O) groups excluding carboxylic acids is 1. The quantitative estimate of drug-likeness (QED) is 0.819. The smallest absolute Gasteiger partial charge is 0.308 e. The van der Waals surface area contributed by atoms with E-state index in [1.165, 1.54) is 0 Å². The number of ether oxygens (including phenoxy) is 2. The van der Waals surface area contributed by atoms with Crippen LogP contribution in [0.4, 0.5) is 0 Å². The van der Waals surface area contributed by atoms with E-state index in [-0.39, 0.29) is 11.9 Å². The van der Waals surface area contributed by atoms with Crippen LogP contribution in [0.15, 0.2) is 30.3 Å². The van der Waals surface area contributed by atoms with Crippen molar-refractivity contribution in [2.24, 2.45) is 5.92 Å². The van der Waals surface area contributed by atoms with Crippen LogP contribution in [0.5, 0.6) is 0 Å². The Morgan fingerprint density at radius 2 is 1.95 bits per heavy atom. The monoisotopic (exact) mass is 292 g/mol. The maximum Gasteiger partial charge on any atom is 0.308 e. The first-order valence-corrected chi connectivity index (χ1v) is 7.64. The van der Waals surface area contributed by atoms with E-state index in [9.17, 15) is 9.90 Å². The minimum Gasteiger partial charge on any atom is -0.466 e. The van der Waals surface area contributed by atoms with Crippen LogP contribution in [-0.2, 0) is 20.9 Å². The molecule has 0 aliphatic heterocycles. The van der Waals surface area contributed by atoms with Crippen molar-refractivity contribution in [3.05, 3.63) is 35.9 Å². The van der Waals surface area contributed by atoms with Crippen LogP contribution in [0.2, 0.25) is 0 Å². The predicted molar refractivity (Wildman–Crippen MR) is 79.6 cm³/mol. The van der Waals surface area contributed by atoms with E-state index >= 15 is 0 Å². The van der Waals surface area contributed by atoms with Crippen molar-refractivity contribution in [2.45, 2.75) is 44.8 Å². The van der Waals surface area contributed by atoms with Gasteiger partial charge in [-0.25, -0.2) is 0 Å². The molecule has 0 heterocycles. The van der Waals surface area contributed by atoms with Crippen molar-refractivity contribution in [3.63, 3.8) is 0 Å². The second-order valence-corrected chi connectivity index (χ2v) is 5.73. The first-order valence-electron chi connectivity index (χ1n) is 7.64. The largest absolute Gasteiger partial charge is 0.466 e. The summed E-state index contributed by atoms with van der Waals surface area (Å²) in [5.74, 6) is -0.205. The fourth-order valence-electron chi connectivity index (χ4n) is 2.73. The number of benzene rings is 1. The van der Waals surface area contributed by atoms with E-state index in [4.69, 9.17) is 9.47 Å². The molecule has 0 bridgehead atoms. The minimum absolute atomic E-state index is 0.0700. The van der Waals surface area contributed by atoms with Gasteiger partial charge in [-0.1, -0.05) is 30.3 Å². The maximum absolute atomic E-state index is 11.7. The predicted octanol–water partition coefficient (Wildman–Crippen LogP) is 2.69. The summed E-state index contributed by atoms with van der Waals surface area (Å²) in [5.41, 5.74) is 0.291. The highest BCUT2D eigenvalue weighted by atomic mass is 16.5. The van der Waals surface area contributed by atoms with Crippen LogP contribution in [0.1, 0.15) is 38.2 Å². The normalized spacial score (nSPS) is 25.5. The summed E-state index contributed by atoms with van der Waals surface area (Å²) in [4.78, 5) is 11.7. The van der Waals surface area contributed by atoms with Gasteiger partial charge in [0.2, 0.25) is 0 Å². The molecule has 21 heavy (non-hydrogen) atoms. The van der Waals surface area contributed by atoms with Gasteiger partial charge in [-0.3, -0.25) is 4.79 Å². The van der Waals surface area contributed by atoms with Crippen molar-refractivity contribution in [3.8, 4) is 0 Å². The summed E-state index contributed by atoms with van der Waals surface area (Å²) in [6.45, 7) is 3.05. The Morgan fingerprint density at radius 1 is 1.29 bits per heavy atom. The number of esters is 1. The van der Waals surface area contributed by atoms with E-state index in [0.29, 0.717) is 45.5 Å². The van der Waals surface area contributed by atoms with Gasteiger partial charge in [-0.05, 0) is 38.2 Å². The van der Waals surface area contributed by atoms with Crippen LogP contribution >= 0.6 is 0 Å². The highest BCUT2D eigenvalue weighted by Gasteiger charge is 2.36. The van der Waals surface area contributed by atoms with Crippen LogP contribution in [0.3, 0.4) is 0 Å². The second-order valence-electron chi connectivity index (χ2n) is 5.73. The average molecular weight is 292 g/mol. The summed E-state index contributed by atoms with van der Waals surface area (Å²) >= 11 is 0. The molecule has 1 fully saturated rings. The van der Waals surface area contributed by atoms with Gasteiger partial charge in [0, 0.05) is 0 Å². The molecule has 0 radical (unpaired) electrons. The lowest BCUT2D eigenvalue weighted by Crippen LogP contribution is -2.40. The zero-order valence-electron chi connectivity index (χ0n) is 12.6. The van der Waals surface area contributed by atoms with Crippen molar-refractivity contribution < 1.29 is 19.4 Å². The van der Waals surface area contributed by atoms with Crippen LogP contribution < -0.4 is 0 Å². The van der Waals surface area contributed by atoms with Crippen LogP contribution in [0.25, 0.3) is 0 Å². The molecule has 1 aromatic rings. The molecule has 116 valence electrons. The Kier molecular flexibility index (Phi) is 5.76. The molecule has 1 aromatic carbocycles. The second kappa shape index (κ2) is 7.57. The van der Waals surface area contributed by atoms with Crippen molar-refractivity contribution >= 4 is 5.97 Å². The van der Waals surface area contributed by atoms with E-state index in [2.05, 4.69) is 0 Å². The molecule has 1 saturated carbocycles. The van der Waals surface area contributed by atoms with Gasteiger partial charge in [-0.15, -0.1) is 0 Å². The van der Waals surface area contributed by atoms with Gasteiger partial charge in [0.15, 0.2) is 0 Å². The van der Waals surface area contributed by atoms with E-state index in [1.54, 1.807) is 0 Å². The molecule has 0 aromatic heterocycles. The molecule has 0 spiro atoms.